The number of nitrogens with two attached hydrogens (primary N) is 1. The number of rotatable bonds is 10. The van der Waals surface area contributed by atoms with Crippen LogP contribution in [0, 0.1) is 5.41 Å². The van der Waals surface area contributed by atoms with Gasteiger partial charge in [0.2, 0.25) is 0 Å². The highest BCUT2D eigenvalue weighted by molar-refractivity contribution is 6.31. The number of aromatic nitrogens is 1. The Morgan fingerprint density at radius 3 is 2.68 bits per heavy atom. The van der Waals surface area contributed by atoms with Crippen LogP contribution >= 0.6 is 11.6 Å². The zero-order valence-electron chi connectivity index (χ0n) is 15.7. The molecule has 8 heteroatoms. The summed E-state index contributed by atoms with van der Waals surface area (Å²) < 4.78 is 5.54. The summed E-state index contributed by atoms with van der Waals surface area (Å²) in [5.41, 5.74) is 7.51. The van der Waals surface area contributed by atoms with E-state index in [1.165, 1.54) is 10.5 Å². The van der Waals surface area contributed by atoms with Crippen molar-refractivity contribution in [2.24, 2.45) is 5.73 Å². The van der Waals surface area contributed by atoms with Gasteiger partial charge in [0.15, 0.2) is 5.96 Å². The number of carbonyl (C=O) groups excluding carboxylic acids is 1. The number of guanidine groups is 1. The molecule has 1 aromatic carbocycles. The van der Waals surface area contributed by atoms with E-state index in [0.29, 0.717) is 44.2 Å². The van der Waals surface area contributed by atoms with E-state index < -0.39 is 6.03 Å². The summed E-state index contributed by atoms with van der Waals surface area (Å²) in [5, 5.41) is 10.9. The lowest BCUT2D eigenvalue weighted by molar-refractivity contribution is 0.138. The van der Waals surface area contributed by atoms with E-state index in [1.807, 2.05) is 30.3 Å². The molecule has 0 fully saturated rings. The average molecular weight is 404 g/mol. The van der Waals surface area contributed by atoms with Crippen LogP contribution in [0.15, 0.2) is 48.7 Å². The number of ether oxygens (including phenoxy) is 1. The molecule has 2 amide bonds. The van der Waals surface area contributed by atoms with Crippen LogP contribution < -0.4 is 11.1 Å². The lowest BCUT2D eigenvalue weighted by atomic mass is 10.2. The normalized spacial score (nSPS) is 10.5. The van der Waals surface area contributed by atoms with Gasteiger partial charge in [0.05, 0.1) is 23.9 Å². The number of carbonyl (C=O) groups is 1. The molecule has 28 heavy (non-hydrogen) atoms. The summed E-state index contributed by atoms with van der Waals surface area (Å²) in [4.78, 5) is 17.7. The Morgan fingerprint density at radius 1 is 1.18 bits per heavy atom. The maximum absolute atomic E-state index is 12.2. The first-order chi connectivity index (χ1) is 13.6. The summed E-state index contributed by atoms with van der Waals surface area (Å²) in [6.45, 7) is 1.64. The Bertz CT molecular complexity index is 757. The van der Waals surface area contributed by atoms with Crippen LogP contribution in [0.25, 0.3) is 0 Å². The molecule has 0 spiro atoms. The van der Waals surface area contributed by atoms with Crippen molar-refractivity contribution in [1.82, 2.24) is 15.2 Å². The summed E-state index contributed by atoms with van der Waals surface area (Å²) >= 11 is 6.08. The highest BCUT2D eigenvalue weighted by Gasteiger charge is 2.15. The van der Waals surface area contributed by atoms with Crippen molar-refractivity contribution in [2.45, 2.75) is 19.3 Å². The standard InChI is InChI=1S/C20H26ClN5O2/c21-17-8-4-11-24-18(17)9-5-13-26(19(22)23)20(27)25-12-15-28-14-10-16-6-2-1-3-7-16/h1-4,6-8,11H,5,9-10,12-15H2,(H3,22,23)(H,25,27). The second kappa shape index (κ2) is 11.9. The van der Waals surface area contributed by atoms with Crippen LogP contribution in [0.1, 0.15) is 17.7 Å². The predicted molar refractivity (Wildman–Crippen MR) is 111 cm³/mol. The van der Waals surface area contributed by atoms with Gasteiger partial charge in [-0.1, -0.05) is 41.9 Å². The number of benzene rings is 1. The van der Waals surface area contributed by atoms with Gasteiger partial charge in [0.25, 0.3) is 0 Å². The molecule has 0 aliphatic heterocycles. The van der Waals surface area contributed by atoms with Gasteiger partial charge in [-0.15, -0.1) is 0 Å². The molecule has 0 bridgehead atoms. The van der Waals surface area contributed by atoms with Crippen LogP contribution in [0.2, 0.25) is 5.02 Å². The first-order valence-electron chi connectivity index (χ1n) is 9.18. The maximum Gasteiger partial charge on any atom is 0.324 e. The van der Waals surface area contributed by atoms with Crippen LogP contribution in [0.4, 0.5) is 4.79 Å². The van der Waals surface area contributed by atoms with Crippen molar-refractivity contribution in [3.05, 3.63) is 64.9 Å². The third-order valence-electron chi connectivity index (χ3n) is 4.07. The third-order valence-corrected chi connectivity index (χ3v) is 4.41. The Labute approximate surface area is 170 Å². The van der Waals surface area contributed by atoms with Crippen molar-refractivity contribution in [2.75, 3.05) is 26.3 Å². The molecule has 4 N–H and O–H groups in total. The van der Waals surface area contributed by atoms with Crippen LogP contribution in [-0.4, -0.2) is 48.2 Å². The van der Waals surface area contributed by atoms with Crippen LogP contribution in [0.5, 0.6) is 0 Å². The Hall–Kier alpha value is -2.64. The molecule has 0 atom stereocenters. The second-order valence-corrected chi connectivity index (χ2v) is 6.56. The zero-order chi connectivity index (χ0) is 20.2. The van der Waals surface area contributed by atoms with Gasteiger partial charge in [-0.25, -0.2) is 4.79 Å². The monoisotopic (exact) mass is 403 g/mol. The molecule has 0 radical (unpaired) electrons. The fraction of sp³-hybridized carbons (Fsp3) is 0.350. The molecule has 1 aromatic heterocycles. The Balaban J connectivity index is 1.64. The van der Waals surface area contributed by atoms with E-state index in [0.717, 1.165) is 12.1 Å². The van der Waals surface area contributed by atoms with Gasteiger partial charge in [-0.3, -0.25) is 15.3 Å². The van der Waals surface area contributed by atoms with E-state index in [1.54, 1.807) is 18.3 Å². The third kappa shape index (κ3) is 7.54. The molecule has 2 aromatic rings. The fourth-order valence-electron chi connectivity index (χ4n) is 2.60. The van der Waals surface area contributed by atoms with Gasteiger partial charge in [0.1, 0.15) is 0 Å². The summed E-state index contributed by atoms with van der Waals surface area (Å²) in [6, 6.07) is 13.2. The molecule has 7 nitrogen and oxygen atoms in total. The number of hydrogen-bond donors (Lipinski definition) is 3. The zero-order valence-corrected chi connectivity index (χ0v) is 16.5. The molecule has 0 saturated heterocycles. The smallest absolute Gasteiger partial charge is 0.324 e. The number of amides is 2. The van der Waals surface area contributed by atoms with Crippen molar-refractivity contribution in [3.63, 3.8) is 0 Å². The van der Waals surface area contributed by atoms with Gasteiger partial charge in [-0.05, 0) is 37.0 Å². The Morgan fingerprint density at radius 2 is 1.96 bits per heavy atom. The molecule has 0 saturated carbocycles. The highest BCUT2D eigenvalue weighted by atomic mass is 35.5. The van der Waals surface area contributed by atoms with Crippen LogP contribution in [0.3, 0.4) is 0 Å². The van der Waals surface area contributed by atoms with E-state index in [9.17, 15) is 4.79 Å². The quantitative estimate of drug-likeness (QED) is 0.322. The van der Waals surface area contributed by atoms with Crippen molar-refractivity contribution in [1.29, 1.82) is 5.41 Å². The number of hydrogen-bond acceptors (Lipinski definition) is 4. The first-order valence-corrected chi connectivity index (χ1v) is 9.56. The summed E-state index contributed by atoms with van der Waals surface area (Å²) in [7, 11) is 0. The molecule has 0 aliphatic carbocycles. The predicted octanol–water partition coefficient (Wildman–Crippen LogP) is 2.83. The van der Waals surface area contributed by atoms with Crippen molar-refractivity contribution >= 4 is 23.6 Å². The minimum Gasteiger partial charge on any atom is -0.379 e. The van der Waals surface area contributed by atoms with Gasteiger partial charge >= 0.3 is 6.03 Å². The van der Waals surface area contributed by atoms with Crippen molar-refractivity contribution < 1.29 is 9.53 Å². The first kappa shape index (κ1) is 21.7. The number of halogens is 1. The number of pyridine rings is 1. The fourth-order valence-corrected chi connectivity index (χ4v) is 2.82. The van der Waals surface area contributed by atoms with Gasteiger partial charge in [-0.2, -0.15) is 0 Å². The molecular formula is C20H26ClN5O2. The number of nitrogens with one attached hydrogen (secondary N) is 2. The van der Waals surface area contributed by atoms with Crippen LogP contribution in [-0.2, 0) is 17.6 Å². The summed E-state index contributed by atoms with van der Waals surface area (Å²) in [6.07, 6.45) is 3.69. The summed E-state index contributed by atoms with van der Waals surface area (Å²) in [5.74, 6) is -0.297. The topological polar surface area (TPSA) is 104 Å². The second-order valence-electron chi connectivity index (χ2n) is 6.15. The lowest BCUT2D eigenvalue weighted by Crippen LogP contribution is -2.48. The lowest BCUT2D eigenvalue weighted by Gasteiger charge is -2.21. The van der Waals surface area contributed by atoms with Gasteiger partial charge < -0.3 is 15.8 Å². The van der Waals surface area contributed by atoms with Gasteiger partial charge in [0, 0.05) is 19.3 Å². The molecular weight excluding hydrogens is 378 g/mol. The van der Waals surface area contributed by atoms with E-state index >= 15 is 0 Å². The highest BCUT2D eigenvalue weighted by Crippen LogP contribution is 2.14. The minimum absolute atomic E-state index is 0.297. The SMILES string of the molecule is N=C(N)N(CCCc1ncccc1Cl)C(=O)NCCOCCc1ccccc1. The average Bonchev–Trinajstić information content (AvgIpc) is 2.69. The maximum atomic E-state index is 12.2. The molecule has 1 heterocycles. The van der Waals surface area contributed by atoms with E-state index in [2.05, 4.69) is 10.3 Å². The van der Waals surface area contributed by atoms with E-state index in [4.69, 9.17) is 27.5 Å². The van der Waals surface area contributed by atoms with Crippen molar-refractivity contribution in [3.8, 4) is 0 Å². The molecule has 0 aliphatic rings. The largest absolute Gasteiger partial charge is 0.379 e. The van der Waals surface area contributed by atoms with E-state index in [-0.39, 0.29) is 5.96 Å². The molecule has 2 rings (SSSR count). The number of aryl methyl sites for hydroxylation is 1. The Kier molecular flexibility index (Phi) is 9.24. The number of urea groups is 1. The minimum atomic E-state index is -0.411. The molecule has 150 valence electrons. The number of nitrogens with zero attached hydrogens (tertiary/aromatic N) is 2. The molecule has 0 unspecified atom stereocenters.